The zero-order chi connectivity index (χ0) is 12.3. The standard InChI is InChI=1S/C13H17F2N/c1-5-9(3)16-10(4)11-7-12(14)8(2)6-13(11)15/h5-7,9-10,16H,1H2,2-4H3. The van der Waals surface area contributed by atoms with Gasteiger partial charge in [-0.05, 0) is 38.5 Å². The summed E-state index contributed by atoms with van der Waals surface area (Å²) >= 11 is 0. The SMILES string of the molecule is C=CC(C)NC(C)c1cc(F)c(C)cc1F. The van der Waals surface area contributed by atoms with E-state index in [4.69, 9.17) is 0 Å². The normalized spacial score (nSPS) is 14.6. The van der Waals surface area contributed by atoms with Gasteiger partial charge in [0.05, 0.1) is 0 Å². The van der Waals surface area contributed by atoms with Crippen molar-refractivity contribution in [2.24, 2.45) is 0 Å². The first-order chi connectivity index (χ1) is 7.45. The molecule has 0 bridgehead atoms. The van der Waals surface area contributed by atoms with Gasteiger partial charge in [-0.2, -0.15) is 0 Å². The Bertz CT molecular complexity index is 388. The number of benzene rings is 1. The van der Waals surface area contributed by atoms with Crippen LogP contribution in [0.15, 0.2) is 24.8 Å². The summed E-state index contributed by atoms with van der Waals surface area (Å²) in [6.07, 6.45) is 1.72. The van der Waals surface area contributed by atoms with Crippen molar-refractivity contribution >= 4 is 0 Å². The van der Waals surface area contributed by atoms with Crippen LogP contribution in [0.4, 0.5) is 8.78 Å². The lowest BCUT2D eigenvalue weighted by atomic mass is 10.0. The molecular formula is C13H17F2N. The summed E-state index contributed by atoms with van der Waals surface area (Å²) in [6, 6.07) is 2.28. The minimum absolute atomic E-state index is 0.0544. The van der Waals surface area contributed by atoms with Gasteiger partial charge in [0, 0.05) is 17.6 Å². The molecule has 0 saturated heterocycles. The maximum atomic E-state index is 13.6. The summed E-state index contributed by atoms with van der Waals surface area (Å²) in [5.41, 5.74) is 0.669. The van der Waals surface area contributed by atoms with Crippen LogP contribution in [-0.4, -0.2) is 6.04 Å². The topological polar surface area (TPSA) is 12.0 Å². The van der Waals surface area contributed by atoms with E-state index < -0.39 is 0 Å². The van der Waals surface area contributed by atoms with Crippen molar-refractivity contribution in [1.29, 1.82) is 0 Å². The van der Waals surface area contributed by atoms with Gasteiger partial charge in [0.2, 0.25) is 0 Å². The summed E-state index contributed by atoms with van der Waals surface area (Å²) in [6.45, 7) is 8.89. The molecule has 88 valence electrons. The van der Waals surface area contributed by atoms with Crippen molar-refractivity contribution in [3.8, 4) is 0 Å². The summed E-state index contributed by atoms with van der Waals surface area (Å²) in [5.74, 6) is -0.758. The Kier molecular flexibility index (Phi) is 4.19. The second-order valence-electron chi connectivity index (χ2n) is 4.04. The van der Waals surface area contributed by atoms with Crippen LogP contribution in [0, 0.1) is 18.6 Å². The van der Waals surface area contributed by atoms with Crippen molar-refractivity contribution in [3.05, 3.63) is 47.5 Å². The maximum Gasteiger partial charge on any atom is 0.128 e. The minimum atomic E-state index is -0.379. The zero-order valence-electron chi connectivity index (χ0n) is 9.85. The summed E-state index contributed by atoms with van der Waals surface area (Å²) < 4.78 is 26.9. The average Bonchev–Trinajstić information content (AvgIpc) is 2.23. The fourth-order valence-corrected chi connectivity index (χ4v) is 1.55. The van der Waals surface area contributed by atoms with E-state index in [1.807, 2.05) is 6.92 Å². The highest BCUT2D eigenvalue weighted by Gasteiger charge is 2.14. The Labute approximate surface area is 95.2 Å². The molecule has 1 N–H and O–H groups in total. The van der Waals surface area contributed by atoms with Gasteiger partial charge in [0.15, 0.2) is 0 Å². The predicted octanol–water partition coefficient (Wildman–Crippen LogP) is 3.50. The first-order valence-electron chi connectivity index (χ1n) is 5.29. The molecule has 1 aromatic rings. The Morgan fingerprint density at radius 1 is 1.25 bits per heavy atom. The molecule has 16 heavy (non-hydrogen) atoms. The molecule has 3 heteroatoms. The monoisotopic (exact) mass is 225 g/mol. The molecular weight excluding hydrogens is 208 g/mol. The largest absolute Gasteiger partial charge is 0.304 e. The second kappa shape index (κ2) is 5.21. The van der Waals surface area contributed by atoms with Gasteiger partial charge in [-0.25, -0.2) is 8.78 Å². The van der Waals surface area contributed by atoms with E-state index in [2.05, 4.69) is 11.9 Å². The van der Waals surface area contributed by atoms with E-state index in [1.54, 1.807) is 19.9 Å². The third-order valence-electron chi connectivity index (χ3n) is 2.61. The molecule has 1 aromatic carbocycles. The van der Waals surface area contributed by atoms with E-state index in [1.165, 1.54) is 12.1 Å². The minimum Gasteiger partial charge on any atom is -0.304 e. The van der Waals surface area contributed by atoms with E-state index in [0.717, 1.165) is 0 Å². The fourth-order valence-electron chi connectivity index (χ4n) is 1.55. The van der Waals surface area contributed by atoms with Crippen LogP contribution in [0.2, 0.25) is 0 Å². The molecule has 0 aliphatic carbocycles. The quantitative estimate of drug-likeness (QED) is 0.773. The summed E-state index contributed by atoms with van der Waals surface area (Å²) in [5, 5.41) is 3.11. The Balaban J connectivity index is 2.95. The highest BCUT2D eigenvalue weighted by atomic mass is 19.1. The second-order valence-corrected chi connectivity index (χ2v) is 4.04. The van der Waals surface area contributed by atoms with Crippen LogP contribution >= 0.6 is 0 Å². The third-order valence-corrected chi connectivity index (χ3v) is 2.61. The molecule has 1 rings (SSSR count). The van der Waals surface area contributed by atoms with E-state index in [9.17, 15) is 8.78 Å². The van der Waals surface area contributed by atoms with E-state index in [-0.39, 0.29) is 23.7 Å². The van der Waals surface area contributed by atoms with Crippen molar-refractivity contribution in [3.63, 3.8) is 0 Å². The van der Waals surface area contributed by atoms with Crippen LogP contribution in [0.1, 0.15) is 31.0 Å². The number of hydrogen-bond acceptors (Lipinski definition) is 1. The third kappa shape index (κ3) is 2.89. The average molecular weight is 225 g/mol. The molecule has 0 amide bonds. The van der Waals surface area contributed by atoms with Gasteiger partial charge in [0.25, 0.3) is 0 Å². The molecule has 0 heterocycles. The number of rotatable bonds is 4. The lowest BCUT2D eigenvalue weighted by Crippen LogP contribution is -2.27. The smallest absolute Gasteiger partial charge is 0.128 e. The van der Waals surface area contributed by atoms with Gasteiger partial charge in [-0.15, -0.1) is 6.58 Å². The van der Waals surface area contributed by atoms with Crippen molar-refractivity contribution in [1.82, 2.24) is 5.32 Å². The molecule has 0 aliphatic heterocycles. The maximum absolute atomic E-state index is 13.6. The van der Waals surface area contributed by atoms with Crippen LogP contribution < -0.4 is 5.32 Å². The molecule has 0 spiro atoms. The number of halogens is 2. The number of nitrogens with one attached hydrogen (secondary N) is 1. The Morgan fingerprint density at radius 3 is 2.44 bits per heavy atom. The van der Waals surface area contributed by atoms with Crippen LogP contribution in [0.3, 0.4) is 0 Å². The van der Waals surface area contributed by atoms with Crippen molar-refractivity contribution in [2.45, 2.75) is 32.9 Å². The molecule has 0 saturated carbocycles. The molecule has 0 radical (unpaired) electrons. The molecule has 0 aromatic heterocycles. The molecule has 0 fully saturated rings. The van der Waals surface area contributed by atoms with Crippen molar-refractivity contribution in [2.75, 3.05) is 0 Å². The highest BCUT2D eigenvalue weighted by Crippen LogP contribution is 2.20. The number of aryl methyl sites for hydroxylation is 1. The summed E-state index contributed by atoms with van der Waals surface area (Å²) in [4.78, 5) is 0. The lowest BCUT2D eigenvalue weighted by Gasteiger charge is -2.18. The van der Waals surface area contributed by atoms with Gasteiger partial charge < -0.3 is 5.32 Å². The van der Waals surface area contributed by atoms with Crippen molar-refractivity contribution < 1.29 is 8.78 Å². The molecule has 1 nitrogen and oxygen atoms in total. The van der Waals surface area contributed by atoms with E-state index in [0.29, 0.717) is 11.1 Å². The Hall–Kier alpha value is -1.22. The van der Waals surface area contributed by atoms with Gasteiger partial charge in [0.1, 0.15) is 11.6 Å². The highest BCUT2D eigenvalue weighted by molar-refractivity contribution is 5.27. The van der Waals surface area contributed by atoms with Crippen LogP contribution in [0.5, 0.6) is 0 Å². The molecule has 0 aliphatic rings. The predicted molar refractivity (Wildman–Crippen MR) is 62.3 cm³/mol. The lowest BCUT2D eigenvalue weighted by molar-refractivity contribution is 0.497. The molecule has 2 atom stereocenters. The zero-order valence-corrected chi connectivity index (χ0v) is 9.85. The fraction of sp³-hybridized carbons (Fsp3) is 0.385. The Morgan fingerprint density at radius 2 is 1.88 bits per heavy atom. The van der Waals surface area contributed by atoms with Gasteiger partial charge >= 0.3 is 0 Å². The first-order valence-corrected chi connectivity index (χ1v) is 5.29. The van der Waals surface area contributed by atoms with Gasteiger partial charge in [-0.3, -0.25) is 0 Å². The summed E-state index contributed by atoms with van der Waals surface area (Å²) in [7, 11) is 0. The first kappa shape index (κ1) is 12.8. The van der Waals surface area contributed by atoms with E-state index >= 15 is 0 Å². The number of hydrogen-bond donors (Lipinski definition) is 1. The molecule has 2 unspecified atom stereocenters. The van der Waals surface area contributed by atoms with Gasteiger partial charge in [-0.1, -0.05) is 6.08 Å². The van der Waals surface area contributed by atoms with Crippen LogP contribution in [-0.2, 0) is 0 Å². The van der Waals surface area contributed by atoms with Crippen LogP contribution in [0.25, 0.3) is 0 Å².